The summed E-state index contributed by atoms with van der Waals surface area (Å²) in [6, 6.07) is 0. The minimum Gasteiger partial charge on any atom is -0.481 e. The fraction of sp³-hybridized carbons (Fsp3) is 0.727. The third-order valence-corrected chi connectivity index (χ3v) is 3.22. The zero-order valence-electron chi connectivity index (χ0n) is 9.43. The van der Waals surface area contributed by atoms with Gasteiger partial charge in [-0.3, -0.25) is 14.4 Å². The summed E-state index contributed by atoms with van der Waals surface area (Å²) in [5.74, 6) is -3.10. The molecule has 0 aliphatic heterocycles. The third kappa shape index (κ3) is 2.59. The van der Waals surface area contributed by atoms with Crippen LogP contribution in [-0.2, 0) is 19.1 Å². The van der Waals surface area contributed by atoms with Crippen LogP contribution in [0.5, 0.6) is 0 Å². The number of ether oxygens (including phenoxy) is 1. The van der Waals surface area contributed by atoms with E-state index in [0.29, 0.717) is 12.8 Å². The monoisotopic (exact) mass is 228 g/mol. The van der Waals surface area contributed by atoms with E-state index in [0.717, 1.165) is 0 Å². The number of esters is 1. The van der Waals surface area contributed by atoms with Gasteiger partial charge in [-0.15, -0.1) is 0 Å². The number of rotatable bonds is 3. The van der Waals surface area contributed by atoms with Gasteiger partial charge in [0.05, 0.1) is 18.9 Å². The maximum Gasteiger partial charge on any atom is 0.308 e. The van der Waals surface area contributed by atoms with Crippen LogP contribution in [0.15, 0.2) is 0 Å². The van der Waals surface area contributed by atoms with Crippen LogP contribution in [0.3, 0.4) is 0 Å². The number of methoxy groups -OCH3 is 1. The van der Waals surface area contributed by atoms with Gasteiger partial charge >= 0.3 is 11.9 Å². The Kier molecular flexibility index (Phi) is 4.04. The minimum absolute atomic E-state index is 0.115. The molecule has 0 heterocycles. The van der Waals surface area contributed by atoms with Gasteiger partial charge in [-0.2, -0.15) is 0 Å². The van der Waals surface area contributed by atoms with Gasteiger partial charge in [-0.05, 0) is 26.2 Å². The van der Waals surface area contributed by atoms with Crippen LogP contribution in [-0.4, -0.2) is 29.9 Å². The quantitative estimate of drug-likeness (QED) is 0.725. The number of carbonyl (C=O) groups is 3. The van der Waals surface area contributed by atoms with Crippen LogP contribution >= 0.6 is 0 Å². The van der Waals surface area contributed by atoms with Crippen molar-refractivity contribution in [2.75, 3.05) is 7.11 Å². The third-order valence-electron chi connectivity index (χ3n) is 3.22. The van der Waals surface area contributed by atoms with Gasteiger partial charge in [0.15, 0.2) is 0 Å². The molecule has 90 valence electrons. The average Bonchev–Trinajstić information content (AvgIpc) is 2.26. The summed E-state index contributed by atoms with van der Waals surface area (Å²) in [7, 11) is 1.29. The number of Topliss-reactive ketones (excluding diaryl/α,β-unsaturated/α-hetero) is 1. The zero-order chi connectivity index (χ0) is 12.3. The van der Waals surface area contributed by atoms with Crippen LogP contribution in [0.4, 0.5) is 0 Å². The predicted octanol–water partition coefficient (Wildman–Crippen LogP) is 0.865. The standard InChI is InChI=1S/C11H16O5/c1-6(12)8-4-3-7(11(15)16-2)5-9(8)10(13)14/h7-9H,3-5H2,1-2H3,(H,13,14). The highest BCUT2D eigenvalue weighted by atomic mass is 16.5. The number of carboxylic acids is 1. The predicted molar refractivity (Wildman–Crippen MR) is 54.7 cm³/mol. The largest absolute Gasteiger partial charge is 0.481 e. The number of carboxylic acid groups (broad SMARTS) is 1. The fourth-order valence-corrected chi connectivity index (χ4v) is 2.31. The van der Waals surface area contributed by atoms with Gasteiger partial charge in [-0.25, -0.2) is 0 Å². The van der Waals surface area contributed by atoms with Crippen molar-refractivity contribution in [2.45, 2.75) is 26.2 Å². The van der Waals surface area contributed by atoms with Crippen molar-refractivity contribution < 1.29 is 24.2 Å². The SMILES string of the molecule is COC(=O)C1CCC(C(C)=O)C(C(=O)O)C1. The molecule has 3 unspecified atom stereocenters. The van der Waals surface area contributed by atoms with Crippen molar-refractivity contribution in [2.24, 2.45) is 17.8 Å². The first-order valence-corrected chi connectivity index (χ1v) is 5.28. The molecule has 3 atom stereocenters. The molecule has 1 saturated carbocycles. The van der Waals surface area contributed by atoms with Crippen molar-refractivity contribution in [3.8, 4) is 0 Å². The Hall–Kier alpha value is -1.39. The lowest BCUT2D eigenvalue weighted by Crippen LogP contribution is -2.37. The Labute approximate surface area is 93.8 Å². The van der Waals surface area contributed by atoms with E-state index in [1.54, 1.807) is 0 Å². The lowest BCUT2D eigenvalue weighted by Gasteiger charge is -2.30. The second-order valence-electron chi connectivity index (χ2n) is 4.20. The van der Waals surface area contributed by atoms with Gasteiger partial charge in [0.2, 0.25) is 0 Å². The van der Waals surface area contributed by atoms with Crippen molar-refractivity contribution in [3.63, 3.8) is 0 Å². The molecular formula is C11H16O5. The van der Waals surface area contributed by atoms with Crippen LogP contribution < -0.4 is 0 Å². The van der Waals surface area contributed by atoms with E-state index in [2.05, 4.69) is 4.74 Å². The maximum absolute atomic E-state index is 11.3. The fourth-order valence-electron chi connectivity index (χ4n) is 2.31. The van der Waals surface area contributed by atoms with E-state index in [1.165, 1.54) is 14.0 Å². The molecule has 0 aromatic heterocycles. The Bertz CT molecular complexity index is 309. The molecule has 0 aromatic rings. The van der Waals surface area contributed by atoms with Gasteiger partial charge in [-0.1, -0.05) is 0 Å². The Balaban J connectivity index is 2.76. The highest BCUT2D eigenvalue weighted by molar-refractivity contribution is 5.85. The van der Waals surface area contributed by atoms with Crippen molar-refractivity contribution in [3.05, 3.63) is 0 Å². The molecule has 0 aromatic carbocycles. The number of carbonyl (C=O) groups excluding carboxylic acids is 2. The van der Waals surface area contributed by atoms with Gasteiger partial charge in [0.1, 0.15) is 5.78 Å². The van der Waals surface area contributed by atoms with E-state index in [1.807, 2.05) is 0 Å². The second-order valence-corrected chi connectivity index (χ2v) is 4.20. The van der Waals surface area contributed by atoms with Crippen LogP contribution in [0.25, 0.3) is 0 Å². The smallest absolute Gasteiger partial charge is 0.308 e. The lowest BCUT2D eigenvalue weighted by molar-refractivity contribution is -0.154. The molecule has 0 spiro atoms. The zero-order valence-corrected chi connectivity index (χ0v) is 9.43. The number of aliphatic carboxylic acids is 1. The second kappa shape index (κ2) is 5.09. The minimum atomic E-state index is -1.01. The molecule has 0 radical (unpaired) electrons. The highest BCUT2D eigenvalue weighted by Gasteiger charge is 2.40. The normalized spacial score (nSPS) is 29.5. The maximum atomic E-state index is 11.3. The number of hydrogen-bond acceptors (Lipinski definition) is 4. The van der Waals surface area contributed by atoms with Crippen molar-refractivity contribution in [1.82, 2.24) is 0 Å². The molecule has 1 fully saturated rings. The molecule has 1 aliphatic carbocycles. The number of ketones is 1. The Morgan fingerprint density at radius 3 is 2.25 bits per heavy atom. The molecule has 0 amide bonds. The van der Waals surface area contributed by atoms with Gasteiger partial charge in [0, 0.05) is 5.92 Å². The molecular weight excluding hydrogens is 212 g/mol. The molecule has 0 saturated heterocycles. The summed E-state index contributed by atoms with van der Waals surface area (Å²) >= 11 is 0. The van der Waals surface area contributed by atoms with E-state index < -0.39 is 17.8 Å². The molecule has 0 bridgehead atoms. The van der Waals surface area contributed by atoms with E-state index in [4.69, 9.17) is 5.11 Å². The summed E-state index contributed by atoms with van der Waals surface area (Å²) < 4.78 is 4.60. The number of hydrogen-bond donors (Lipinski definition) is 1. The van der Waals surface area contributed by atoms with E-state index in [9.17, 15) is 14.4 Å². The first-order chi connectivity index (χ1) is 7.47. The molecule has 1 aliphatic rings. The van der Waals surface area contributed by atoms with Crippen molar-refractivity contribution >= 4 is 17.7 Å². The average molecular weight is 228 g/mol. The van der Waals surface area contributed by atoms with Crippen LogP contribution in [0.1, 0.15) is 26.2 Å². The first-order valence-electron chi connectivity index (χ1n) is 5.28. The van der Waals surface area contributed by atoms with E-state index >= 15 is 0 Å². The molecule has 1 rings (SSSR count). The molecule has 1 N–H and O–H groups in total. The lowest BCUT2D eigenvalue weighted by atomic mass is 9.72. The van der Waals surface area contributed by atoms with Crippen LogP contribution in [0, 0.1) is 17.8 Å². The summed E-state index contributed by atoms with van der Waals surface area (Å²) in [4.78, 5) is 33.6. The molecule has 5 nitrogen and oxygen atoms in total. The highest BCUT2D eigenvalue weighted by Crippen LogP contribution is 2.35. The summed E-state index contributed by atoms with van der Waals surface area (Å²) in [5.41, 5.74) is 0. The Morgan fingerprint density at radius 2 is 1.81 bits per heavy atom. The Morgan fingerprint density at radius 1 is 1.19 bits per heavy atom. The summed E-state index contributed by atoms with van der Waals surface area (Å²) in [6.45, 7) is 1.40. The van der Waals surface area contributed by atoms with Crippen LogP contribution in [0.2, 0.25) is 0 Å². The van der Waals surface area contributed by atoms with Gasteiger partial charge < -0.3 is 9.84 Å². The van der Waals surface area contributed by atoms with E-state index in [-0.39, 0.29) is 24.1 Å². The van der Waals surface area contributed by atoms with Gasteiger partial charge in [0.25, 0.3) is 0 Å². The molecule has 16 heavy (non-hydrogen) atoms. The van der Waals surface area contributed by atoms with Crippen molar-refractivity contribution in [1.29, 1.82) is 0 Å². The molecule has 5 heteroatoms. The summed E-state index contributed by atoms with van der Waals surface area (Å²) in [5, 5.41) is 9.03. The first kappa shape index (κ1) is 12.7. The topological polar surface area (TPSA) is 80.7 Å². The summed E-state index contributed by atoms with van der Waals surface area (Å²) in [6.07, 6.45) is 1.18.